The standard InChI is InChI=1S/C22H37N5O.HI/c1-4-18(3)21(28)26-20-11-9-10-19(16-20)17-25-22(23-5-2)24-12-15-27-13-7-6-8-14-27;/h9-11,16,18H,4-8,12-15,17H2,1-3H3,(H,26,28)(H2,23,24,25);1H. The van der Waals surface area contributed by atoms with Gasteiger partial charge in [-0.25, -0.2) is 4.99 Å². The molecular formula is C22H38IN5O. The van der Waals surface area contributed by atoms with Crippen molar-refractivity contribution in [1.82, 2.24) is 15.5 Å². The van der Waals surface area contributed by atoms with Crippen LogP contribution in [0.25, 0.3) is 0 Å². The van der Waals surface area contributed by atoms with Crippen molar-refractivity contribution in [2.75, 3.05) is 38.0 Å². The molecule has 3 N–H and O–H groups in total. The molecule has 0 aromatic heterocycles. The van der Waals surface area contributed by atoms with Gasteiger partial charge in [-0.2, -0.15) is 0 Å². The van der Waals surface area contributed by atoms with Gasteiger partial charge in [0.2, 0.25) is 5.91 Å². The number of nitrogens with one attached hydrogen (secondary N) is 3. The molecule has 1 unspecified atom stereocenters. The lowest BCUT2D eigenvalue weighted by molar-refractivity contribution is -0.119. The predicted octanol–water partition coefficient (Wildman–Crippen LogP) is 3.83. The number of amides is 1. The van der Waals surface area contributed by atoms with Gasteiger partial charge in [0.05, 0.1) is 6.54 Å². The molecule has 29 heavy (non-hydrogen) atoms. The first-order valence-corrected chi connectivity index (χ1v) is 10.8. The third-order valence-electron chi connectivity index (χ3n) is 5.19. The number of carbonyl (C=O) groups is 1. The average Bonchev–Trinajstić information content (AvgIpc) is 2.72. The van der Waals surface area contributed by atoms with E-state index in [1.54, 1.807) is 0 Å². The number of hydrogen-bond acceptors (Lipinski definition) is 3. The van der Waals surface area contributed by atoms with Gasteiger partial charge < -0.3 is 20.9 Å². The monoisotopic (exact) mass is 515 g/mol. The molecule has 0 saturated carbocycles. The van der Waals surface area contributed by atoms with Crippen molar-refractivity contribution in [3.63, 3.8) is 0 Å². The van der Waals surface area contributed by atoms with Crippen molar-refractivity contribution in [3.05, 3.63) is 29.8 Å². The zero-order valence-corrected chi connectivity index (χ0v) is 20.5. The van der Waals surface area contributed by atoms with Gasteiger partial charge in [0.15, 0.2) is 5.96 Å². The van der Waals surface area contributed by atoms with Gasteiger partial charge in [-0.3, -0.25) is 4.79 Å². The maximum absolute atomic E-state index is 12.1. The molecule has 2 rings (SSSR count). The molecule has 0 aliphatic carbocycles. The second kappa shape index (κ2) is 14.6. The summed E-state index contributed by atoms with van der Waals surface area (Å²) in [6.45, 7) is 11.8. The van der Waals surface area contributed by atoms with Gasteiger partial charge in [0.1, 0.15) is 0 Å². The lowest BCUT2D eigenvalue weighted by Gasteiger charge is -2.26. The van der Waals surface area contributed by atoms with Gasteiger partial charge in [-0.15, -0.1) is 24.0 Å². The van der Waals surface area contributed by atoms with E-state index in [-0.39, 0.29) is 35.8 Å². The van der Waals surface area contributed by atoms with E-state index in [9.17, 15) is 4.79 Å². The SMILES string of the molecule is CCNC(=NCc1cccc(NC(=O)C(C)CC)c1)NCCN1CCCCC1.I. The minimum absolute atomic E-state index is 0. The Morgan fingerprint density at radius 1 is 1.17 bits per heavy atom. The molecule has 164 valence electrons. The number of hydrogen-bond donors (Lipinski definition) is 3. The van der Waals surface area contributed by atoms with Crippen LogP contribution in [0.1, 0.15) is 52.0 Å². The summed E-state index contributed by atoms with van der Waals surface area (Å²) in [5.74, 6) is 0.926. The largest absolute Gasteiger partial charge is 0.357 e. The van der Waals surface area contributed by atoms with Crippen LogP contribution in [0.3, 0.4) is 0 Å². The zero-order chi connectivity index (χ0) is 20.2. The minimum Gasteiger partial charge on any atom is -0.357 e. The van der Waals surface area contributed by atoms with Crippen molar-refractivity contribution in [1.29, 1.82) is 0 Å². The van der Waals surface area contributed by atoms with Crippen molar-refractivity contribution in [3.8, 4) is 0 Å². The van der Waals surface area contributed by atoms with E-state index in [1.165, 1.54) is 32.4 Å². The number of guanidine groups is 1. The molecule has 1 atom stereocenters. The highest BCUT2D eigenvalue weighted by atomic mass is 127. The highest BCUT2D eigenvalue weighted by Crippen LogP contribution is 2.14. The summed E-state index contributed by atoms with van der Waals surface area (Å²) < 4.78 is 0. The van der Waals surface area contributed by atoms with Gasteiger partial charge in [-0.1, -0.05) is 32.4 Å². The van der Waals surface area contributed by atoms with Crippen LogP contribution < -0.4 is 16.0 Å². The van der Waals surface area contributed by atoms with Crippen molar-refractivity contribution in [2.45, 2.75) is 53.0 Å². The van der Waals surface area contributed by atoms with Crippen LogP contribution >= 0.6 is 24.0 Å². The Hall–Kier alpha value is -1.35. The van der Waals surface area contributed by atoms with Crippen molar-refractivity contribution in [2.24, 2.45) is 10.9 Å². The molecule has 0 spiro atoms. The van der Waals surface area contributed by atoms with E-state index in [0.29, 0.717) is 6.54 Å². The number of anilines is 1. The van der Waals surface area contributed by atoms with Crippen LogP contribution in [0.5, 0.6) is 0 Å². The molecule has 1 amide bonds. The third-order valence-corrected chi connectivity index (χ3v) is 5.19. The summed E-state index contributed by atoms with van der Waals surface area (Å²) in [4.78, 5) is 19.3. The molecule has 1 aliphatic heterocycles. The van der Waals surface area contributed by atoms with Crippen molar-refractivity contribution < 1.29 is 4.79 Å². The number of carbonyl (C=O) groups excluding carboxylic acids is 1. The van der Waals surface area contributed by atoms with Crippen LogP contribution in [0.2, 0.25) is 0 Å². The number of halogens is 1. The lowest BCUT2D eigenvalue weighted by Crippen LogP contribution is -2.42. The van der Waals surface area contributed by atoms with E-state index in [4.69, 9.17) is 4.99 Å². The highest BCUT2D eigenvalue weighted by molar-refractivity contribution is 14.0. The Labute approximate surface area is 193 Å². The second-order valence-corrected chi connectivity index (χ2v) is 7.52. The normalized spacial score (nSPS) is 15.9. The topological polar surface area (TPSA) is 68.8 Å². The number of nitrogens with zero attached hydrogens (tertiary/aromatic N) is 2. The number of rotatable bonds is 9. The quantitative estimate of drug-likeness (QED) is 0.266. The molecule has 0 radical (unpaired) electrons. The maximum atomic E-state index is 12.1. The van der Waals surface area contributed by atoms with Gasteiger partial charge >= 0.3 is 0 Å². The number of likely N-dealkylation sites (tertiary alicyclic amines) is 1. The number of benzene rings is 1. The first-order chi connectivity index (χ1) is 13.6. The predicted molar refractivity (Wildman–Crippen MR) is 133 cm³/mol. The van der Waals surface area contributed by atoms with Gasteiger partial charge in [0, 0.05) is 31.2 Å². The summed E-state index contributed by atoms with van der Waals surface area (Å²) in [6.07, 6.45) is 4.84. The third kappa shape index (κ3) is 9.80. The molecule has 7 heteroatoms. The Kier molecular flexibility index (Phi) is 12.9. The zero-order valence-electron chi connectivity index (χ0n) is 18.2. The van der Waals surface area contributed by atoms with Crippen LogP contribution in [-0.2, 0) is 11.3 Å². The Bertz CT molecular complexity index is 631. The molecule has 6 nitrogen and oxygen atoms in total. The molecule has 1 heterocycles. The van der Waals surface area contributed by atoms with Crippen molar-refractivity contribution >= 4 is 41.5 Å². The van der Waals surface area contributed by atoms with Gasteiger partial charge in [-0.05, 0) is 57.0 Å². The van der Waals surface area contributed by atoms with E-state index in [1.807, 2.05) is 38.1 Å². The highest BCUT2D eigenvalue weighted by Gasteiger charge is 2.11. The lowest BCUT2D eigenvalue weighted by atomic mass is 10.1. The first kappa shape index (κ1) is 25.7. The summed E-state index contributed by atoms with van der Waals surface area (Å²) >= 11 is 0. The second-order valence-electron chi connectivity index (χ2n) is 7.52. The first-order valence-electron chi connectivity index (χ1n) is 10.8. The van der Waals surface area contributed by atoms with Crippen LogP contribution in [-0.4, -0.2) is 49.5 Å². The Balaban J connectivity index is 0.00000420. The molecule has 0 bridgehead atoms. The van der Waals surface area contributed by atoms with E-state index in [0.717, 1.165) is 43.3 Å². The molecule has 1 aromatic rings. The summed E-state index contributed by atoms with van der Waals surface area (Å²) in [5, 5.41) is 9.74. The van der Waals surface area contributed by atoms with Crippen LogP contribution in [0.4, 0.5) is 5.69 Å². The summed E-state index contributed by atoms with van der Waals surface area (Å²) in [6, 6.07) is 7.93. The fourth-order valence-corrected chi connectivity index (χ4v) is 3.23. The van der Waals surface area contributed by atoms with E-state index in [2.05, 4.69) is 27.8 Å². The Morgan fingerprint density at radius 3 is 2.62 bits per heavy atom. The maximum Gasteiger partial charge on any atom is 0.227 e. The Morgan fingerprint density at radius 2 is 1.93 bits per heavy atom. The van der Waals surface area contributed by atoms with Crippen LogP contribution in [0, 0.1) is 5.92 Å². The molecule has 1 fully saturated rings. The molecule has 1 aliphatic rings. The number of aliphatic imine (C=N–C) groups is 1. The average molecular weight is 515 g/mol. The van der Waals surface area contributed by atoms with Crippen LogP contribution in [0.15, 0.2) is 29.3 Å². The summed E-state index contributed by atoms with van der Waals surface area (Å²) in [5.41, 5.74) is 1.91. The van der Waals surface area contributed by atoms with Gasteiger partial charge in [0.25, 0.3) is 0 Å². The molecule has 1 aromatic carbocycles. The number of piperidine rings is 1. The van der Waals surface area contributed by atoms with E-state index < -0.39 is 0 Å². The fourth-order valence-electron chi connectivity index (χ4n) is 3.23. The fraction of sp³-hybridized carbons (Fsp3) is 0.636. The minimum atomic E-state index is 0. The molecular weight excluding hydrogens is 477 g/mol. The molecule has 1 saturated heterocycles. The smallest absolute Gasteiger partial charge is 0.227 e. The summed E-state index contributed by atoms with van der Waals surface area (Å²) in [7, 11) is 0. The van der Waals surface area contributed by atoms with E-state index >= 15 is 0 Å².